The Balaban J connectivity index is 2.41. The van der Waals surface area contributed by atoms with Crippen LogP contribution in [0.4, 0.5) is 0 Å². The number of hydrogen-bond acceptors (Lipinski definition) is 4. The lowest BCUT2D eigenvalue weighted by atomic mass is 9.90. The number of rotatable bonds is 4. The van der Waals surface area contributed by atoms with E-state index in [1.54, 1.807) is 0 Å². The number of carboxylic acids is 1. The number of carbonyl (C=O) groups excluding carboxylic acids is 1. The SMILES string of the molecule is CCCC1(C(=O)O)CCCN1C(=O)c1cc(Cl)nnc1Cl. The fourth-order valence-corrected chi connectivity index (χ4v) is 3.15. The van der Waals surface area contributed by atoms with Gasteiger partial charge in [0.2, 0.25) is 0 Å². The van der Waals surface area contributed by atoms with Crippen LogP contribution in [-0.2, 0) is 4.79 Å². The standard InChI is InChI=1S/C13H15Cl2N3O3/c1-2-4-13(12(20)21)5-3-6-18(13)11(19)8-7-9(14)16-17-10(8)15/h7H,2-6H2,1H3,(H,20,21). The zero-order valence-electron chi connectivity index (χ0n) is 11.5. The second-order valence-electron chi connectivity index (χ2n) is 5.02. The van der Waals surface area contributed by atoms with E-state index in [0.717, 1.165) is 0 Å². The Hall–Kier alpha value is -1.40. The number of hydrogen-bond donors (Lipinski definition) is 1. The molecule has 114 valence electrons. The molecule has 2 rings (SSSR count). The number of likely N-dealkylation sites (tertiary alicyclic amines) is 1. The van der Waals surface area contributed by atoms with Crippen molar-refractivity contribution in [1.29, 1.82) is 0 Å². The molecule has 1 fully saturated rings. The summed E-state index contributed by atoms with van der Waals surface area (Å²) in [7, 11) is 0. The van der Waals surface area contributed by atoms with Crippen LogP contribution in [-0.4, -0.2) is 44.2 Å². The first-order valence-corrected chi connectivity index (χ1v) is 7.42. The van der Waals surface area contributed by atoms with Crippen molar-refractivity contribution in [2.45, 2.75) is 38.1 Å². The summed E-state index contributed by atoms with van der Waals surface area (Å²) in [5.41, 5.74) is -1.09. The highest BCUT2D eigenvalue weighted by Crippen LogP contribution is 2.36. The maximum atomic E-state index is 12.7. The highest BCUT2D eigenvalue weighted by Gasteiger charge is 2.49. The fourth-order valence-electron chi connectivity index (χ4n) is 2.83. The molecule has 1 amide bonds. The van der Waals surface area contributed by atoms with Gasteiger partial charge in [-0.2, -0.15) is 0 Å². The highest BCUT2D eigenvalue weighted by molar-refractivity contribution is 6.34. The van der Waals surface area contributed by atoms with E-state index in [0.29, 0.717) is 32.2 Å². The largest absolute Gasteiger partial charge is 0.479 e. The molecule has 8 heteroatoms. The maximum Gasteiger partial charge on any atom is 0.329 e. The van der Waals surface area contributed by atoms with Crippen LogP contribution >= 0.6 is 23.2 Å². The molecule has 0 bridgehead atoms. The summed E-state index contributed by atoms with van der Waals surface area (Å²) in [6.45, 7) is 2.27. The lowest BCUT2D eigenvalue weighted by Crippen LogP contribution is -2.53. The van der Waals surface area contributed by atoms with Crippen LogP contribution < -0.4 is 0 Å². The third kappa shape index (κ3) is 2.82. The molecule has 6 nitrogen and oxygen atoms in total. The molecule has 1 N–H and O–H groups in total. The molecule has 0 aromatic carbocycles. The molecule has 1 saturated heterocycles. The summed E-state index contributed by atoms with van der Waals surface area (Å²) in [6, 6.07) is 1.32. The van der Waals surface area contributed by atoms with Crippen LogP contribution in [0.3, 0.4) is 0 Å². The predicted octanol–water partition coefficient (Wildman–Crippen LogP) is 2.64. The van der Waals surface area contributed by atoms with E-state index >= 15 is 0 Å². The van der Waals surface area contributed by atoms with Gasteiger partial charge in [-0.1, -0.05) is 36.5 Å². The van der Waals surface area contributed by atoms with Gasteiger partial charge in [-0.05, 0) is 25.3 Å². The third-order valence-corrected chi connectivity index (χ3v) is 4.21. The maximum absolute atomic E-state index is 12.7. The van der Waals surface area contributed by atoms with Gasteiger partial charge in [-0.25, -0.2) is 4.79 Å². The molecular weight excluding hydrogens is 317 g/mol. The van der Waals surface area contributed by atoms with Crippen LogP contribution in [0.15, 0.2) is 6.07 Å². The van der Waals surface area contributed by atoms with Crippen LogP contribution in [0.2, 0.25) is 10.3 Å². The van der Waals surface area contributed by atoms with E-state index in [4.69, 9.17) is 23.2 Å². The summed E-state index contributed by atoms with van der Waals surface area (Å²) < 4.78 is 0. The van der Waals surface area contributed by atoms with Gasteiger partial charge < -0.3 is 10.0 Å². The van der Waals surface area contributed by atoms with E-state index in [9.17, 15) is 14.7 Å². The van der Waals surface area contributed by atoms with Gasteiger partial charge in [0.15, 0.2) is 10.3 Å². The lowest BCUT2D eigenvalue weighted by molar-refractivity contribution is -0.148. The Morgan fingerprint density at radius 3 is 2.76 bits per heavy atom. The van der Waals surface area contributed by atoms with E-state index in [2.05, 4.69) is 10.2 Å². The first kappa shape index (κ1) is 16.0. The second kappa shape index (κ2) is 6.15. The van der Waals surface area contributed by atoms with Crippen molar-refractivity contribution in [2.75, 3.05) is 6.54 Å². The van der Waals surface area contributed by atoms with Gasteiger partial charge in [-0.3, -0.25) is 4.79 Å². The van der Waals surface area contributed by atoms with E-state index in [1.165, 1.54) is 11.0 Å². The Labute approximate surface area is 132 Å². The molecule has 0 spiro atoms. The van der Waals surface area contributed by atoms with Gasteiger partial charge in [0.25, 0.3) is 5.91 Å². The summed E-state index contributed by atoms with van der Waals surface area (Å²) in [5, 5.41) is 16.7. The minimum atomic E-state index is -1.18. The molecule has 1 atom stereocenters. The Morgan fingerprint density at radius 1 is 1.43 bits per heavy atom. The monoisotopic (exact) mass is 331 g/mol. The molecule has 1 aromatic heterocycles. The normalized spacial score (nSPS) is 21.6. The number of carbonyl (C=O) groups is 2. The zero-order chi connectivity index (χ0) is 15.6. The number of aliphatic carboxylic acids is 1. The molecule has 0 radical (unpaired) electrons. The predicted molar refractivity (Wildman–Crippen MR) is 77.6 cm³/mol. The number of nitrogens with zero attached hydrogens (tertiary/aromatic N) is 3. The van der Waals surface area contributed by atoms with E-state index in [1.807, 2.05) is 6.92 Å². The van der Waals surface area contributed by atoms with Crippen LogP contribution in [0, 0.1) is 0 Å². The van der Waals surface area contributed by atoms with Crippen molar-refractivity contribution >= 4 is 35.1 Å². The van der Waals surface area contributed by atoms with Crippen molar-refractivity contribution < 1.29 is 14.7 Å². The molecular formula is C13H15Cl2N3O3. The quantitative estimate of drug-likeness (QED) is 0.916. The summed E-state index contributed by atoms with van der Waals surface area (Å²) >= 11 is 11.6. The molecule has 1 aromatic rings. The van der Waals surface area contributed by atoms with Gasteiger partial charge in [0.05, 0.1) is 5.56 Å². The number of amides is 1. The van der Waals surface area contributed by atoms with Gasteiger partial charge in [-0.15, -0.1) is 10.2 Å². The summed E-state index contributed by atoms with van der Waals surface area (Å²) in [5.74, 6) is -1.45. The van der Waals surface area contributed by atoms with Crippen molar-refractivity contribution in [3.8, 4) is 0 Å². The van der Waals surface area contributed by atoms with Crippen molar-refractivity contribution in [1.82, 2.24) is 15.1 Å². The fraction of sp³-hybridized carbons (Fsp3) is 0.538. The molecule has 2 heterocycles. The van der Waals surface area contributed by atoms with Gasteiger partial charge >= 0.3 is 5.97 Å². The minimum absolute atomic E-state index is 0.0402. The molecule has 1 unspecified atom stereocenters. The molecule has 0 aliphatic carbocycles. The number of carboxylic acid groups (broad SMARTS) is 1. The molecule has 1 aliphatic rings. The van der Waals surface area contributed by atoms with E-state index in [-0.39, 0.29) is 15.9 Å². The van der Waals surface area contributed by atoms with Crippen molar-refractivity contribution in [3.63, 3.8) is 0 Å². The van der Waals surface area contributed by atoms with Crippen LogP contribution in [0.25, 0.3) is 0 Å². The first-order chi connectivity index (χ1) is 9.92. The van der Waals surface area contributed by atoms with Crippen molar-refractivity contribution in [2.24, 2.45) is 0 Å². The summed E-state index contributed by atoms with van der Waals surface area (Å²) in [6.07, 6.45) is 2.14. The van der Waals surface area contributed by atoms with Crippen molar-refractivity contribution in [3.05, 3.63) is 21.9 Å². The zero-order valence-corrected chi connectivity index (χ0v) is 13.0. The third-order valence-electron chi connectivity index (χ3n) is 3.75. The highest BCUT2D eigenvalue weighted by atomic mass is 35.5. The smallest absolute Gasteiger partial charge is 0.329 e. The Bertz CT molecular complexity index is 582. The second-order valence-corrected chi connectivity index (χ2v) is 5.76. The average molecular weight is 332 g/mol. The van der Waals surface area contributed by atoms with Gasteiger partial charge in [0.1, 0.15) is 5.54 Å². The van der Waals surface area contributed by atoms with Crippen LogP contribution in [0.5, 0.6) is 0 Å². The number of halogens is 2. The lowest BCUT2D eigenvalue weighted by Gasteiger charge is -2.34. The first-order valence-electron chi connectivity index (χ1n) is 6.66. The molecule has 1 aliphatic heterocycles. The number of aromatic nitrogens is 2. The van der Waals surface area contributed by atoms with E-state index < -0.39 is 17.4 Å². The molecule has 21 heavy (non-hydrogen) atoms. The minimum Gasteiger partial charge on any atom is -0.479 e. The molecule has 0 saturated carbocycles. The average Bonchev–Trinajstić information content (AvgIpc) is 2.86. The topological polar surface area (TPSA) is 83.4 Å². The Kier molecular flexibility index (Phi) is 4.68. The summed E-state index contributed by atoms with van der Waals surface area (Å²) in [4.78, 5) is 25.8. The van der Waals surface area contributed by atoms with Gasteiger partial charge in [0, 0.05) is 6.54 Å². The van der Waals surface area contributed by atoms with Crippen LogP contribution in [0.1, 0.15) is 43.0 Å². The Morgan fingerprint density at radius 2 is 2.14 bits per heavy atom.